The van der Waals surface area contributed by atoms with Crippen LogP contribution in [-0.2, 0) is 24.2 Å². The molecule has 3 aromatic carbocycles. The Kier molecular flexibility index (Phi) is 7.85. The van der Waals surface area contributed by atoms with Gasteiger partial charge in [0.15, 0.2) is 0 Å². The summed E-state index contributed by atoms with van der Waals surface area (Å²) in [5.74, 6) is -1.13. The molecule has 0 unspecified atom stereocenters. The number of hydrogen-bond donors (Lipinski definition) is 2. The largest absolute Gasteiger partial charge is 0.492 e. The van der Waals surface area contributed by atoms with Crippen LogP contribution in [0.3, 0.4) is 0 Å². The van der Waals surface area contributed by atoms with E-state index in [9.17, 15) is 13.6 Å². The van der Waals surface area contributed by atoms with Gasteiger partial charge in [0.2, 0.25) is 0 Å². The van der Waals surface area contributed by atoms with Crippen LogP contribution >= 0.6 is 0 Å². The number of fused-ring (bicyclic) bond motifs is 1. The van der Waals surface area contributed by atoms with Crippen molar-refractivity contribution in [3.8, 4) is 5.75 Å². The van der Waals surface area contributed by atoms with Crippen LogP contribution in [0.25, 0.3) is 0 Å². The monoisotopic (exact) mass is 480 g/mol. The minimum Gasteiger partial charge on any atom is -0.492 e. The minimum absolute atomic E-state index is 0.0954. The summed E-state index contributed by atoms with van der Waals surface area (Å²) in [7, 11) is 0. The molecule has 2 N–H and O–H groups in total. The van der Waals surface area contributed by atoms with Gasteiger partial charge in [-0.3, -0.25) is 4.79 Å². The number of nitrogens with zero attached hydrogens (tertiary/aromatic N) is 1. The van der Waals surface area contributed by atoms with Gasteiger partial charge in [0.25, 0.3) is 0 Å². The zero-order chi connectivity index (χ0) is 24.8. The summed E-state index contributed by atoms with van der Waals surface area (Å²) in [5, 5.41) is 12.1. The second kappa shape index (κ2) is 11.2. The van der Waals surface area contributed by atoms with Crippen molar-refractivity contribution in [1.29, 1.82) is 0 Å². The van der Waals surface area contributed by atoms with E-state index in [0.29, 0.717) is 36.7 Å². The first-order valence-electron chi connectivity index (χ1n) is 11.9. The highest BCUT2D eigenvalue weighted by Crippen LogP contribution is 2.33. The van der Waals surface area contributed by atoms with Gasteiger partial charge in [0.05, 0.1) is 6.54 Å². The molecule has 1 aliphatic rings. The number of benzene rings is 3. The minimum atomic E-state index is -0.941. The third-order valence-electron chi connectivity index (χ3n) is 6.39. The molecule has 7 heteroatoms. The molecule has 0 amide bonds. The summed E-state index contributed by atoms with van der Waals surface area (Å²) in [5.41, 5.74) is 5.87. The summed E-state index contributed by atoms with van der Waals surface area (Å²) >= 11 is 0. The molecule has 184 valence electrons. The Bertz CT molecular complexity index is 1200. The quantitative estimate of drug-likeness (QED) is 0.388. The van der Waals surface area contributed by atoms with Crippen LogP contribution in [0.15, 0.2) is 54.6 Å². The Hall–Kier alpha value is -3.61. The Morgan fingerprint density at radius 2 is 1.94 bits per heavy atom. The van der Waals surface area contributed by atoms with Crippen LogP contribution in [-0.4, -0.2) is 30.8 Å². The summed E-state index contributed by atoms with van der Waals surface area (Å²) in [4.78, 5) is 13.1. The fourth-order valence-electron chi connectivity index (χ4n) is 4.56. The lowest BCUT2D eigenvalue weighted by Gasteiger charge is -2.33. The predicted molar refractivity (Wildman–Crippen MR) is 133 cm³/mol. The number of anilines is 2. The summed E-state index contributed by atoms with van der Waals surface area (Å²) < 4.78 is 33.5. The Labute approximate surface area is 204 Å². The molecule has 0 aromatic heterocycles. The van der Waals surface area contributed by atoms with Crippen LogP contribution in [0.5, 0.6) is 5.75 Å². The molecule has 1 aliphatic heterocycles. The third kappa shape index (κ3) is 6.29. The van der Waals surface area contributed by atoms with E-state index in [2.05, 4.69) is 29.3 Å². The number of carboxylic acids is 1. The maximum atomic E-state index is 14.4. The number of rotatable bonds is 10. The fraction of sp³-hybridized carbons (Fsp3) is 0.321. The molecule has 35 heavy (non-hydrogen) atoms. The van der Waals surface area contributed by atoms with Crippen LogP contribution in [0.4, 0.5) is 20.2 Å². The SMILES string of the molecule is Cc1c(CNc2ccc(CCC(=O)O)c(F)c2)ccc2c1N(CCOc1cccc(F)c1)CCC2. The molecule has 1 heterocycles. The molecule has 0 fully saturated rings. The second-order valence-corrected chi connectivity index (χ2v) is 8.81. The standard InChI is InChI=1S/C28H30F2N2O3/c1-19-22(18-31-24-11-9-20(26(30)17-24)10-12-27(33)34)8-7-21-4-3-13-32(28(19)21)14-15-35-25-6-2-5-23(29)16-25/h2,5-9,11,16-17,31H,3-4,10,12-15,18H2,1H3,(H,33,34). The highest BCUT2D eigenvalue weighted by molar-refractivity contribution is 5.67. The molecule has 0 saturated heterocycles. The molecule has 0 atom stereocenters. The van der Waals surface area contributed by atoms with E-state index in [1.807, 2.05) is 0 Å². The van der Waals surface area contributed by atoms with E-state index >= 15 is 0 Å². The lowest BCUT2D eigenvalue weighted by atomic mass is 9.94. The van der Waals surface area contributed by atoms with Gasteiger partial charge in [-0.2, -0.15) is 0 Å². The number of aliphatic carboxylic acids is 1. The number of aryl methyl sites for hydroxylation is 2. The average Bonchev–Trinajstić information content (AvgIpc) is 2.83. The first-order valence-corrected chi connectivity index (χ1v) is 11.9. The average molecular weight is 481 g/mol. The van der Waals surface area contributed by atoms with E-state index in [0.717, 1.165) is 24.9 Å². The number of halogens is 2. The van der Waals surface area contributed by atoms with Crippen molar-refractivity contribution in [2.45, 2.75) is 39.2 Å². The first-order chi connectivity index (χ1) is 16.9. The van der Waals surface area contributed by atoms with E-state index in [4.69, 9.17) is 9.84 Å². The van der Waals surface area contributed by atoms with E-state index < -0.39 is 11.8 Å². The normalized spacial score (nSPS) is 12.8. The van der Waals surface area contributed by atoms with Crippen molar-refractivity contribution in [3.05, 3.63) is 88.5 Å². The van der Waals surface area contributed by atoms with Gasteiger partial charge in [0, 0.05) is 37.0 Å². The highest BCUT2D eigenvalue weighted by atomic mass is 19.1. The molecular formula is C28H30F2N2O3. The molecule has 0 spiro atoms. The first kappa shape index (κ1) is 24.5. The number of hydrogen-bond acceptors (Lipinski definition) is 4. The lowest BCUT2D eigenvalue weighted by Crippen LogP contribution is -2.34. The summed E-state index contributed by atoms with van der Waals surface area (Å²) in [6, 6.07) is 15.3. The van der Waals surface area contributed by atoms with Crippen molar-refractivity contribution in [2.24, 2.45) is 0 Å². The van der Waals surface area contributed by atoms with Crippen molar-refractivity contribution in [3.63, 3.8) is 0 Å². The van der Waals surface area contributed by atoms with Gasteiger partial charge in [0.1, 0.15) is 24.0 Å². The topological polar surface area (TPSA) is 61.8 Å². The zero-order valence-corrected chi connectivity index (χ0v) is 19.8. The Morgan fingerprint density at radius 3 is 2.71 bits per heavy atom. The molecule has 0 bridgehead atoms. The van der Waals surface area contributed by atoms with Crippen LogP contribution < -0.4 is 15.0 Å². The van der Waals surface area contributed by atoms with Crippen molar-refractivity contribution in [1.82, 2.24) is 0 Å². The van der Waals surface area contributed by atoms with Crippen LogP contribution in [0.2, 0.25) is 0 Å². The smallest absolute Gasteiger partial charge is 0.303 e. The predicted octanol–water partition coefficient (Wildman–Crippen LogP) is 5.73. The molecular weight excluding hydrogens is 450 g/mol. The zero-order valence-electron chi connectivity index (χ0n) is 19.8. The van der Waals surface area contributed by atoms with Gasteiger partial charge in [-0.1, -0.05) is 24.3 Å². The lowest BCUT2D eigenvalue weighted by molar-refractivity contribution is -0.136. The van der Waals surface area contributed by atoms with Gasteiger partial charge in [-0.25, -0.2) is 8.78 Å². The number of carbonyl (C=O) groups is 1. The summed E-state index contributed by atoms with van der Waals surface area (Å²) in [6.45, 7) is 4.74. The van der Waals surface area contributed by atoms with Gasteiger partial charge >= 0.3 is 5.97 Å². The molecule has 3 aromatic rings. The van der Waals surface area contributed by atoms with Gasteiger partial charge in [-0.05, 0) is 72.7 Å². The van der Waals surface area contributed by atoms with Crippen LogP contribution in [0.1, 0.15) is 35.1 Å². The van der Waals surface area contributed by atoms with E-state index in [1.165, 1.54) is 35.0 Å². The molecule has 5 nitrogen and oxygen atoms in total. The van der Waals surface area contributed by atoms with Crippen molar-refractivity contribution in [2.75, 3.05) is 29.9 Å². The van der Waals surface area contributed by atoms with Crippen molar-refractivity contribution >= 4 is 17.3 Å². The third-order valence-corrected chi connectivity index (χ3v) is 6.39. The number of ether oxygens (including phenoxy) is 1. The van der Waals surface area contributed by atoms with Gasteiger partial charge in [-0.15, -0.1) is 0 Å². The number of carboxylic acid groups (broad SMARTS) is 1. The Morgan fingerprint density at radius 1 is 1.11 bits per heavy atom. The molecule has 0 radical (unpaired) electrons. The summed E-state index contributed by atoms with van der Waals surface area (Å²) in [6.07, 6.45) is 2.16. The maximum Gasteiger partial charge on any atom is 0.303 e. The number of nitrogens with one attached hydrogen (secondary N) is 1. The van der Waals surface area contributed by atoms with Gasteiger partial charge < -0.3 is 20.1 Å². The fourth-order valence-corrected chi connectivity index (χ4v) is 4.56. The highest BCUT2D eigenvalue weighted by Gasteiger charge is 2.20. The maximum absolute atomic E-state index is 14.4. The van der Waals surface area contributed by atoms with Crippen molar-refractivity contribution < 1.29 is 23.4 Å². The van der Waals surface area contributed by atoms with E-state index in [1.54, 1.807) is 24.3 Å². The Balaban J connectivity index is 1.41. The molecule has 4 rings (SSSR count). The second-order valence-electron chi connectivity index (χ2n) is 8.81. The molecule has 0 saturated carbocycles. The van der Waals surface area contributed by atoms with E-state index in [-0.39, 0.29) is 18.7 Å². The molecule has 0 aliphatic carbocycles. The van der Waals surface area contributed by atoms with Crippen LogP contribution in [0, 0.1) is 18.6 Å².